The van der Waals surface area contributed by atoms with Crippen molar-refractivity contribution in [3.8, 4) is 5.75 Å². The highest BCUT2D eigenvalue weighted by Crippen LogP contribution is 2.13. The third kappa shape index (κ3) is 4.61. The van der Waals surface area contributed by atoms with Gasteiger partial charge in [0, 0.05) is 0 Å². The van der Waals surface area contributed by atoms with Gasteiger partial charge < -0.3 is 15.6 Å². The van der Waals surface area contributed by atoms with E-state index in [1.807, 2.05) is 24.3 Å². The van der Waals surface area contributed by atoms with E-state index in [9.17, 15) is 4.79 Å². The molecule has 0 atom stereocenters. The van der Waals surface area contributed by atoms with Crippen molar-refractivity contribution in [1.29, 1.82) is 0 Å². The van der Waals surface area contributed by atoms with E-state index in [4.69, 9.17) is 15.6 Å². The smallest absolute Gasteiger partial charge is 0.341 e. The van der Waals surface area contributed by atoms with Crippen LogP contribution in [0.5, 0.6) is 5.75 Å². The molecular weight excluding hydrogens is 206 g/mol. The zero-order chi connectivity index (χ0) is 11.8. The molecule has 0 aliphatic carbocycles. The van der Waals surface area contributed by atoms with E-state index < -0.39 is 5.97 Å². The van der Waals surface area contributed by atoms with Crippen LogP contribution in [0.25, 0.3) is 6.08 Å². The van der Waals surface area contributed by atoms with Gasteiger partial charge in [0.25, 0.3) is 0 Å². The molecule has 1 rings (SSSR count). The number of hydrogen-bond acceptors (Lipinski definition) is 3. The first-order chi connectivity index (χ1) is 7.72. The van der Waals surface area contributed by atoms with Gasteiger partial charge in [-0.1, -0.05) is 24.3 Å². The lowest BCUT2D eigenvalue weighted by atomic mass is 10.2. The van der Waals surface area contributed by atoms with Crippen molar-refractivity contribution >= 4 is 12.0 Å². The second kappa shape index (κ2) is 6.63. The molecule has 0 radical (unpaired) electrons. The Morgan fingerprint density at radius 3 is 2.62 bits per heavy atom. The standard InChI is InChI=1S/C12H15NO3/c13-8-2-1-3-10-4-6-11(7-5-10)16-9-12(14)15/h1,3-7H,2,8-9,13H2,(H,14,15). The Balaban J connectivity index is 2.50. The van der Waals surface area contributed by atoms with Crippen LogP contribution in [-0.2, 0) is 4.79 Å². The van der Waals surface area contributed by atoms with E-state index in [-0.39, 0.29) is 6.61 Å². The van der Waals surface area contributed by atoms with Crippen molar-refractivity contribution < 1.29 is 14.6 Å². The Hall–Kier alpha value is -1.81. The van der Waals surface area contributed by atoms with Gasteiger partial charge >= 0.3 is 5.97 Å². The first-order valence-electron chi connectivity index (χ1n) is 5.03. The maximum absolute atomic E-state index is 10.3. The molecule has 0 aliphatic heterocycles. The summed E-state index contributed by atoms with van der Waals surface area (Å²) < 4.78 is 5.00. The molecule has 1 aromatic carbocycles. The molecule has 3 N–H and O–H groups in total. The molecule has 0 aromatic heterocycles. The van der Waals surface area contributed by atoms with Gasteiger partial charge in [-0.25, -0.2) is 4.79 Å². The van der Waals surface area contributed by atoms with Crippen LogP contribution in [0.1, 0.15) is 12.0 Å². The molecule has 0 bridgehead atoms. The molecule has 4 heteroatoms. The van der Waals surface area contributed by atoms with Crippen molar-refractivity contribution in [1.82, 2.24) is 0 Å². The number of carboxylic acid groups (broad SMARTS) is 1. The fourth-order valence-corrected chi connectivity index (χ4v) is 1.14. The lowest BCUT2D eigenvalue weighted by Gasteiger charge is -2.02. The summed E-state index contributed by atoms with van der Waals surface area (Å²) in [6.45, 7) is 0.318. The number of carbonyl (C=O) groups is 1. The fraction of sp³-hybridized carbons (Fsp3) is 0.250. The summed E-state index contributed by atoms with van der Waals surface area (Å²) in [6.07, 6.45) is 4.80. The van der Waals surface area contributed by atoms with Gasteiger partial charge in [-0.3, -0.25) is 0 Å². The van der Waals surface area contributed by atoms with Gasteiger partial charge in [-0.2, -0.15) is 0 Å². The highest BCUT2D eigenvalue weighted by molar-refractivity contribution is 5.68. The number of ether oxygens (including phenoxy) is 1. The van der Waals surface area contributed by atoms with E-state index in [2.05, 4.69) is 0 Å². The van der Waals surface area contributed by atoms with E-state index >= 15 is 0 Å². The van der Waals surface area contributed by atoms with Crippen molar-refractivity contribution in [2.45, 2.75) is 6.42 Å². The van der Waals surface area contributed by atoms with Gasteiger partial charge in [-0.05, 0) is 30.7 Å². The Morgan fingerprint density at radius 2 is 2.06 bits per heavy atom. The van der Waals surface area contributed by atoms with Gasteiger partial charge in [0.2, 0.25) is 0 Å². The van der Waals surface area contributed by atoms with Gasteiger partial charge in [0.15, 0.2) is 6.61 Å². The Kier molecular flexibility index (Phi) is 5.08. The number of hydrogen-bond donors (Lipinski definition) is 2. The van der Waals surface area contributed by atoms with Crippen molar-refractivity contribution in [2.75, 3.05) is 13.2 Å². The second-order valence-corrected chi connectivity index (χ2v) is 3.23. The minimum atomic E-state index is -0.980. The third-order valence-corrected chi connectivity index (χ3v) is 1.89. The highest BCUT2D eigenvalue weighted by Gasteiger charge is 1.98. The Morgan fingerprint density at radius 1 is 1.38 bits per heavy atom. The molecule has 0 spiro atoms. The molecular formula is C12H15NO3. The largest absolute Gasteiger partial charge is 0.482 e. The molecule has 16 heavy (non-hydrogen) atoms. The number of benzene rings is 1. The maximum atomic E-state index is 10.3. The first-order valence-corrected chi connectivity index (χ1v) is 5.03. The minimum absolute atomic E-state index is 0.317. The Bertz CT molecular complexity index is 357. The average molecular weight is 221 g/mol. The molecule has 0 amide bonds. The summed E-state index contributed by atoms with van der Waals surface area (Å²) >= 11 is 0. The van der Waals surface area contributed by atoms with Crippen LogP contribution in [0.2, 0.25) is 0 Å². The zero-order valence-electron chi connectivity index (χ0n) is 8.93. The van der Waals surface area contributed by atoms with E-state index in [1.54, 1.807) is 12.1 Å². The SMILES string of the molecule is NCCC=Cc1ccc(OCC(=O)O)cc1. The van der Waals surface area contributed by atoms with Crippen LogP contribution < -0.4 is 10.5 Å². The van der Waals surface area contributed by atoms with Crippen LogP contribution >= 0.6 is 0 Å². The number of nitrogens with two attached hydrogens (primary N) is 1. The topological polar surface area (TPSA) is 72.5 Å². The molecule has 86 valence electrons. The molecule has 0 heterocycles. The van der Waals surface area contributed by atoms with Crippen molar-refractivity contribution in [2.24, 2.45) is 5.73 Å². The maximum Gasteiger partial charge on any atom is 0.341 e. The van der Waals surface area contributed by atoms with Crippen LogP contribution in [0.15, 0.2) is 30.3 Å². The van der Waals surface area contributed by atoms with Crippen LogP contribution in [0, 0.1) is 0 Å². The Labute approximate surface area is 94.3 Å². The quantitative estimate of drug-likeness (QED) is 0.763. The van der Waals surface area contributed by atoms with Crippen LogP contribution in [0.4, 0.5) is 0 Å². The fourth-order valence-electron chi connectivity index (χ4n) is 1.14. The van der Waals surface area contributed by atoms with Crippen LogP contribution in [0.3, 0.4) is 0 Å². The average Bonchev–Trinajstić information content (AvgIpc) is 2.28. The lowest BCUT2D eigenvalue weighted by Crippen LogP contribution is -2.09. The molecule has 0 unspecified atom stereocenters. The van der Waals surface area contributed by atoms with Crippen molar-refractivity contribution in [3.63, 3.8) is 0 Å². The predicted octanol–water partition coefficient (Wildman–Crippen LogP) is 1.51. The molecule has 0 fully saturated rings. The second-order valence-electron chi connectivity index (χ2n) is 3.23. The summed E-state index contributed by atoms with van der Waals surface area (Å²) in [6, 6.07) is 7.21. The van der Waals surface area contributed by atoms with Gasteiger partial charge in [0.1, 0.15) is 5.75 Å². The minimum Gasteiger partial charge on any atom is -0.482 e. The van der Waals surface area contributed by atoms with Crippen molar-refractivity contribution in [3.05, 3.63) is 35.9 Å². The molecule has 0 aliphatic rings. The monoisotopic (exact) mass is 221 g/mol. The molecule has 0 saturated heterocycles. The predicted molar refractivity (Wildman–Crippen MR) is 62.3 cm³/mol. The van der Waals surface area contributed by atoms with Crippen LogP contribution in [-0.4, -0.2) is 24.2 Å². The molecule has 4 nitrogen and oxygen atoms in total. The number of carboxylic acids is 1. The molecule has 1 aromatic rings. The normalized spacial score (nSPS) is 10.6. The van der Waals surface area contributed by atoms with E-state index in [0.717, 1.165) is 12.0 Å². The number of rotatable bonds is 6. The zero-order valence-corrected chi connectivity index (χ0v) is 8.93. The first kappa shape index (κ1) is 12.3. The van der Waals surface area contributed by atoms with Gasteiger partial charge in [0.05, 0.1) is 0 Å². The summed E-state index contributed by atoms with van der Waals surface area (Å²) in [5.74, 6) is -0.426. The third-order valence-electron chi connectivity index (χ3n) is 1.89. The summed E-state index contributed by atoms with van der Waals surface area (Å²) in [4.78, 5) is 10.3. The van der Waals surface area contributed by atoms with E-state index in [1.165, 1.54) is 0 Å². The van der Waals surface area contributed by atoms with Gasteiger partial charge in [-0.15, -0.1) is 0 Å². The molecule has 0 saturated carbocycles. The number of aliphatic carboxylic acids is 1. The highest BCUT2D eigenvalue weighted by atomic mass is 16.5. The summed E-state index contributed by atoms with van der Waals surface area (Å²) in [5.41, 5.74) is 6.40. The summed E-state index contributed by atoms with van der Waals surface area (Å²) in [7, 11) is 0. The lowest BCUT2D eigenvalue weighted by molar-refractivity contribution is -0.139. The summed E-state index contributed by atoms with van der Waals surface area (Å²) in [5, 5.41) is 8.42. The van der Waals surface area contributed by atoms with E-state index in [0.29, 0.717) is 12.3 Å².